The Morgan fingerprint density at radius 1 is 1.62 bits per heavy atom. The van der Waals surface area contributed by atoms with Crippen LogP contribution in [0.1, 0.15) is 29.0 Å². The van der Waals surface area contributed by atoms with Gasteiger partial charge in [0, 0.05) is 12.4 Å². The van der Waals surface area contributed by atoms with Crippen molar-refractivity contribution in [1.82, 2.24) is 0 Å². The Bertz CT molecular complexity index is 355. The minimum absolute atomic E-state index is 0.215. The van der Waals surface area contributed by atoms with Gasteiger partial charge in [0.1, 0.15) is 12.0 Å². The van der Waals surface area contributed by atoms with Crippen LogP contribution in [0.4, 0.5) is 0 Å². The quantitative estimate of drug-likeness (QED) is 0.859. The van der Waals surface area contributed by atoms with Crippen molar-refractivity contribution >= 4 is 17.7 Å². The Hall–Kier alpha value is -0.940. The number of furan rings is 1. The molecule has 0 saturated carbocycles. The Morgan fingerprint density at radius 3 is 3.12 bits per heavy atom. The van der Waals surface area contributed by atoms with Crippen molar-refractivity contribution in [2.75, 3.05) is 12.4 Å². The maximum absolute atomic E-state index is 10.6. The van der Waals surface area contributed by atoms with Crippen LogP contribution in [-0.4, -0.2) is 29.5 Å². The maximum Gasteiger partial charge on any atom is 0.338 e. The van der Waals surface area contributed by atoms with E-state index in [0.29, 0.717) is 17.6 Å². The first kappa shape index (κ1) is 11.5. The first-order valence-electron chi connectivity index (χ1n) is 5.26. The van der Waals surface area contributed by atoms with Crippen molar-refractivity contribution in [2.45, 2.75) is 24.7 Å². The SMILES string of the molecule is O=C(O)c1coc(CSCC2CCCO2)c1. The highest BCUT2D eigenvalue weighted by molar-refractivity contribution is 7.98. The predicted molar refractivity (Wildman–Crippen MR) is 60.8 cm³/mol. The molecule has 2 rings (SSSR count). The molecule has 1 aliphatic rings. The molecule has 1 aromatic heterocycles. The average molecular weight is 242 g/mol. The summed E-state index contributed by atoms with van der Waals surface area (Å²) in [5.41, 5.74) is 0.215. The fraction of sp³-hybridized carbons (Fsp3) is 0.545. The Kier molecular flexibility index (Phi) is 3.90. The summed E-state index contributed by atoms with van der Waals surface area (Å²) >= 11 is 1.72. The van der Waals surface area contributed by atoms with E-state index < -0.39 is 5.97 Å². The van der Waals surface area contributed by atoms with E-state index in [1.165, 1.54) is 6.26 Å². The molecule has 1 aromatic rings. The van der Waals surface area contributed by atoms with Gasteiger partial charge in [0.25, 0.3) is 0 Å². The van der Waals surface area contributed by atoms with Gasteiger partial charge in [-0.3, -0.25) is 0 Å². The van der Waals surface area contributed by atoms with Crippen LogP contribution in [0.3, 0.4) is 0 Å². The molecule has 0 radical (unpaired) electrons. The topological polar surface area (TPSA) is 59.7 Å². The third kappa shape index (κ3) is 3.02. The molecule has 0 aliphatic carbocycles. The van der Waals surface area contributed by atoms with Crippen LogP contribution in [0.25, 0.3) is 0 Å². The Balaban J connectivity index is 1.74. The van der Waals surface area contributed by atoms with Gasteiger partial charge in [-0.1, -0.05) is 0 Å². The van der Waals surface area contributed by atoms with Crippen LogP contribution in [0.15, 0.2) is 16.7 Å². The molecule has 0 aromatic carbocycles. The third-order valence-electron chi connectivity index (χ3n) is 2.47. The van der Waals surface area contributed by atoms with Crippen LogP contribution in [0.2, 0.25) is 0 Å². The summed E-state index contributed by atoms with van der Waals surface area (Å²) in [5.74, 6) is 1.41. The molecule has 0 spiro atoms. The summed E-state index contributed by atoms with van der Waals surface area (Å²) in [5, 5.41) is 8.71. The lowest BCUT2D eigenvalue weighted by atomic mass is 10.3. The van der Waals surface area contributed by atoms with Gasteiger partial charge in [0.05, 0.1) is 17.4 Å². The molecule has 16 heavy (non-hydrogen) atoms. The number of carboxylic acid groups (broad SMARTS) is 1. The molecule has 5 heteroatoms. The molecule has 0 amide bonds. The predicted octanol–water partition coefficient (Wildman–Crippen LogP) is 2.39. The second kappa shape index (κ2) is 5.41. The molecule has 1 saturated heterocycles. The molecule has 1 N–H and O–H groups in total. The summed E-state index contributed by atoms with van der Waals surface area (Å²) < 4.78 is 10.6. The standard InChI is InChI=1S/C11H14O4S/c12-11(13)8-4-10(15-5-8)7-16-6-9-2-1-3-14-9/h4-5,9H,1-3,6-7H2,(H,12,13). The first-order valence-corrected chi connectivity index (χ1v) is 6.41. The number of thioether (sulfide) groups is 1. The number of carboxylic acids is 1. The van der Waals surface area contributed by atoms with Crippen LogP contribution in [-0.2, 0) is 10.5 Å². The number of hydrogen-bond donors (Lipinski definition) is 1. The van der Waals surface area contributed by atoms with E-state index in [1.54, 1.807) is 17.8 Å². The van der Waals surface area contributed by atoms with Crippen LogP contribution < -0.4 is 0 Å². The van der Waals surface area contributed by atoms with Gasteiger partial charge in [-0.2, -0.15) is 11.8 Å². The van der Waals surface area contributed by atoms with Gasteiger partial charge >= 0.3 is 5.97 Å². The van der Waals surface area contributed by atoms with Gasteiger partial charge in [0.15, 0.2) is 0 Å². The number of aromatic carboxylic acids is 1. The molecule has 1 atom stereocenters. The maximum atomic E-state index is 10.6. The van der Waals surface area contributed by atoms with Crippen molar-refractivity contribution in [3.63, 3.8) is 0 Å². The molecule has 88 valence electrons. The number of hydrogen-bond acceptors (Lipinski definition) is 4. The highest BCUT2D eigenvalue weighted by atomic mass is 32.2. The van der Waals surface area contributed by atoms with Gasteiger partial charge in [0.2, 0.25) is 0 Å². The average Bonchev–Trinajstić information content (AvgIpc) is 2.87. The minimum Gasteiger partial charge on any atom is -0.478 e. The number of rotatable bonds is 5. The van der Waals surface area contributed by atoms with Gasteiger partial charge < -0.3 is 14.3 Å². The molecular weight excluding hydrogens is 228 g/mol. The molecular formula is C11H14O4S. The molecule has 0 bridgehead atoms. The van der Waals surface area contributed by atoms with E-state index in [0.717, 1.165) is 25.2 Å². The second-order valence-corrected chi connectivity index (χ2v) is 4.79. The van der Waals surface area contributed by atoms with Crippen molar-refractivity contribution in [3.8, 4) is 0 Å². The van der Waals surface area contributed by atoms with E-state index in [2.05, 4.69) is 0 Å². The zero-order chi connectivity index (χ0) is 11.4. The fourth-order valence-electron chi connectivity index (χ4n) is 1.64. The van der Waals surface area contributed by atoms with Crippen LogP contribution in [0.5, 0.6) is 0 Å². The lowest BCUT2D eigenvalue weighted by Gasteiger charge is -2.06. The normalized spacial score (nSPS) is 20.1. The van der Waals surface area contributed by atoms with E-state index in [9.17, 15) is 4.79 Å². The van der Waals surface area contributed by atoms with Crippen LogP contribution >= 0.6 is 11.8 Å². The lowest BCUT2D eigenvalue weighted by molar-refractivity contribution is 0.0696. The first-order chi connectivity index (χ1) is 7.75. The number of carbonyl (C=O) groups is 1. The highest BCUT2D eigenvalue weighted by Gasteiger charge is 2.15. The third-order valence-corrected chi connectivity index (χ3v) is 3.57. The van der Waals surface area contributed by atoms with Crippen molar-refractivity contribution < 1.29 is 19.1 Å². The van der Waals surface area contributed by atoms with E-state index >= 15 is 0 Å². The lowest BCUT2D eigenvalue weighted by Crippen LogP contribution is -2.07. The van der Waals surface area contributed by atoms with E-state index in [-0.39, 0.29) is 5.56 Å². The minimum atomic E-state index is -0.945. The Morgan fingerprint density at radius 2 is 2.50 bits per heavy atom. The zero-order valence-electron chi connectivity index (χ0n) is 8.85. The zero-order valence-corrected chi connectivity index (χ0v) is 9.66. The monoisotopic (exact) mass is 242 g/mol. The molecule has 1 fully saturated rings. The highest BCUT2D eigenvalue weighted by Crippen LogP contribution is 2.21. The summed E-state index contributed by atoms with van der Waals surface area (Å²) in [6.07, 6.45) is 3.92. The summed E-state index contributed by atoms with van der Waals surface area (Å²) in [7, 11) is 0. The smallest absolute Gasteiger partial charge is 0.338 e. The van der Waals surface area contributed by atoms with Crippen molar-refractivity contribution in [1.29, 1.82) is 0 Å². The van der Waals surface area contributed by atoms with E-state index in [1.807, 2.05) is 0 Å². The fourth-order valence-corrected chi connectivity index (χ4v) is 2.63. The van der Waals surface area contributed by atoms with E-state index in [4.69, 9.17) is 14.3 Å². The van der Waals surface area contributed by atoms with Gasteiger partial charge in [-0.15, -0.1) is 0 Å². The van der Waals surface area contributed by atoms with Gasteiger partial charge in [-0.25, -0.2) is 4.79 Å². The van der Waals surface area contributed by atoms with Crippen molar-refractivity contribution in [3.05, 3.63) is 23.7 Å². The molecule has 1 unspecified atom stereocenters. The molecule has 4 nitrogen and oxygen atoms in total. The summed E-state index contributed by atoms with van der Waals surface area (Å²) in [6.45, 7) is 0.870. The summed E-state index contributed by atoms with van der Waals surface area (Å²) in [4.78, 5) is 10.6. The summed E-state index contributed by atoms with van der Waals surface area (Å²) in [6, 6.07) is 1.57. The number of ether oxygens (including phenoxy) is 1. The molecule has 1 aliphatic heterocycles. The second-order valence-electron chi connectivity index (χ2n) is 3.76. The Labute approximate surface area is 98.0 Å². The van der Waals surface area contributed by atoms with Crippen LogP contribution in [0, 0.1) is 0 Å². The van der Waals surface area contributed by atoms with Gasteiger partial charge in [-0.05, 0) is 18.9 Å². The van der Waals surface area contributed by atoms with Crippen molar-refractivity contribution in [2.24, 2.45) is 0 Å². The largest absolute Gasteiger partial charge is 0.478 e. The molecule has 2 heterocycles.